The Bertz CT molecular complexity index is 273. The third-order valence-electron chi connectivity index (χ3n) is 1.75. The number of rotatable bonds is 5. The van der Waals surface area contributed by atoms with Gasteiger partial charge in [0, 0.05) is 11.3 Å². The van der Waals surface area contributed by atoms with E-state index in [0.29, 0.717) is 13.1 Å². The first-order valence-corrected chi connectivity index (χ1v) is 5.28. The van der Waals surface area contributed by atoms with Gasteiger partial charge in [-0.3, -0.25) is 4.79 Å². The van der Waals surface area contributed by atoms with Crippen molar-refractivity contribution in [2.45, 2.75) is 11.3 Å². The summed E-state index contributed by atoms with van der Waals surface area (Å²) in [5.41, 5.74) is 1.23. The maximum absolute atomic E-state index is 9.92. The molecule has 0 aliphatic carbocycles. The van der Waals surface area contributed by atoms with E-state index in [1.165, 1.54) is 10.5 Å². The zero-order chi connectivity index (χ0) is 9.52. The number of hydrogen-bond donors (Lipinski definition) is 0. The van der Waals surface area contributed by atoms with Crippen LogP contribution in [-0.2, 0) is 16.0 Å². The van der Waals surface area contributed by atoms with Gasteiger partial charge in [0.05, 0.1) is 6.61 Å². The molecule has 0 fully saturated rings. The van der Waals surface area contributed by atoms with Crippen LogP contribution in [0.1, 0.15) is 5.56 Å². The van der Waals surface area contributed by atoms with E-state index in [0.717, 1.165) is 6.42 Å². The summed E-state index contributed by atoms with van der Waals surface area (Å²) in [7, 11) is 0. The number of hydrogen-bond acceptors (Lipinski definition) is 3. The SMILES string of the molecule is CSc1ccccc1CCOC=O. The second kappa shape index (κ2) is 5.65. The average Bonchev–Trinajstić information content (AvgIpc) is 2.19. The van der Waals surface area contributed by atoms with Crippen LogP contribution in [0.25, 0.3) is 0 Å². The van der Waals surface area contributed by atoms with E-state index in [4.69, 9.17) is 0 Å². The summed E-state index contributed by atoms with van der Waals surface area (Å²) < 4.78 is 4.65. The molecule has 0 unspecified atom stereocenters. The van der Waals surface area contributed by atoms with E-state index in [-0.39, 0.29) is 0 Å². The second-order valence-electron chi connectivity index (χ2n) is 2.53. The fourth-order valence-corrected chi connectivity index (χ4v) is 1.77. The first-order chi connectivity index (χ1) is 6.38. The zero-order valence-corrected chi connectivity index (χ0v) is 8.34. The van der Waals surface area contributed by atoms with Gasteiger partial charge in [-0.05, 0) is 17.9 Å². The quantitative estimate of drug-likeness (QED) is 0.410. The Labute approximate surface area is 82.3 Å². The summed E-state index contributed by atoms with van der Waals surface area (Å²) in [6, 6.07) is 8.13. The highest BCUT2D eigenvalue weighted by Crippen LogP contribution is 2.19. The molecule has 70 valence electrons. The molecule has 0 saturated heterocycles. The van der Waals surface area contributed by atoms with Gasteiger partial charge in [-0.2, -0.15) is 0 Å². The van der Waals surface area contributed by atoms with Gasteiger partial charge in [-0.1, -0.05) is 18.2 Å². The third-order valence-corrected chi connectivity index (χ3v) is 2.59. The first kappa shape index (κ1) is 10.1. The van der Waals surface area contributed by atoms with Gasteiger partial charge in [-0.25, -0.2) is 0 Å². The Morgan fingerprint density at radius 1 is 1.46 bits per heavy atom. The molecule has 0 spiro atoms. The second-order valence-corrected chi connectivity index (χ2v) is 3.38. The lowest BCUT2D eigenvalue weighted by Gasteiger charge is -2.05. The van der Waals surface area contributed by atoms with Crippen molar-refractivity contribution in [3.05, 3.63) is 29.8 Å². The van der Waals surface area contributed by atoms with Crippen LogP contribution in [0.4, 0.5) is 0 Å². The fourth-order valence-electron chi connectivity index (χ4n) is 1.13. The van der Waals surface area contributed by atoms with Crippen molar-refractivity contribution >= 4 is 18.2 Å². The number of thioether (sulfide) groups is 1. The van der Waals surface area contributed by atoms with Crippen LogP contribution in [-0.4, -0.2) is 19.3 Å². The highest BCUT2D eigenvalue weighted by molar-refractivity contribution is 7.98. The summed E-state index contributed by atoms with van der Waals surface area (Å²) in [6.07, 6.45) is 2.83. The minimum absolute atomic E-state index is 0.459. The topological polar surface area (TPSA) is 26.3 Å². The highest BCUT2D eigenvalue weighted by Gasteiger charge is 1.99. The molecule has 3 heteroatoms. The molecule has 0 N–H and O–H groups in total. The van der Waals surface area contributed by atoms with Gasteiger partial charge < -0.3 is 4.74 Å². The van der Waals surface area contributed by atoms with Gasteiger partial charge in [0.25, 0.3) is 6.47 Å². The smallest absolute Gasteiger partial charge is 0.293 e. The Hall–Kier alpha value is -0.960. The minimum atomic E-state index is 0.459. The molecule has 0 aliphatic heterocycles. The van der Waals surface area contributed by atoms with Crippen LogP contribution in [0.5, 0.6) is 0 Å². The molecule has 0 heterocycles. The molecule has 0 aromatic heterocycles. The molecule has 0 amide bonds. The van der Waals surface area contributed by atoms with E-state index in [1.54, 1.807) is 11.8 Å². The molecule has 2 nitrogen and oxygen atoms in total. The summed E-state index contributed by atoms with van der Waals surface area (Å²) in [5, 5.41) is 0. The van der Waals surface area contributed by atoms with E-state index < -0.39 is 0 Å². The molecule has 13 heavy (non-hydrogen) atoms. The molecule has 1 aromatic rings. The van der Waals surface area contributed by atoms with Gasteiger partial charge >= 0.3 is 0 Å². The Kier molecular flexibility index (Phi) is 4.40. The number of benzene rings is 1. The highest BCUT2D eigenvalue weighted by atomic mass is 32.2. The lowest BCUT2D eigenvalue weighted by atomic mass is 10.2. The van der Waals surface area contributed by atoms with Crippen LogP contribution < -0.4 is 0 Å². The molecule has 1 rings (SSSR count). The Morgan fingerprint density at radius 2 is 2.23 bits per heavy atom. The maximum atomic E-state index is 9.92. The minimum Gasteiger partial charge on any atom is -0.468 e. The van der Waals surface area contributed by atoms with Gasteiger partial charge in [0.15, 0.2) is 0 Å². The molecule has 0 radical (unpaired) electrons. The standard InChI is InChI=1S/C10H12O2S/c1-13-10-5-3-2-4-9(10)6-7-12-8-11/h2-5,8H,6-7H2,1H3. The van der Waals surface area contributed by atoms with Crippen molar-refractivity contribution in [3.8, 4) is 0 Å². The zero-order valence-electron chi connectivity index (χ0n) is 7.53. The van der Waals surface area contributed by atoms with Crippen LogP contribution in [0.2, 0.25) is 0 Å². The van der Waals surface area contributed by atoms with Crippen molar-refractivity contribution < 1.29 is 9.53 Å². The van der Waals surface area contributed by atoms with Crippen molar-refractivity contribution in [1.82, 2.24) is 0 Å². The maximum Gasteiger partial charge on any atom is 0.293 e. The fraction of sp³-hybridized carbons (Fsp3) is 0.300. The van der Waals surface area contributed by atoms with E-state index in [1.807, 2.05) is 18.4 Å². The third kappa shape index (κ3) is 3.11. The van der Waals surface area contributed by atoms with Gasteiger partial charge in [0.2, 0.25) is 0 Å². The Morgan fingerprint density at radius 3 is 2.92 bits per heavy atom. The first-order valence-electron chi connectivity index (χ1n) is 4.05. The number of carbonyl (C=O) groups excluding carboxylic acids is 1. The lowest BCUT2D eigenvalue weighted by Crippen LogP contribution is -1.97. The summed E-state index contributed by atoms with van der Waals surface area (Å²) >= 11 is 1.71. The lowest BCUT2D eigenvalue weighted by molar-refractivity contribution is -0.128. The molecule has 0 bridgehead atoms. The van der Waals surface area contributed by atoms with Crippen LogP contribution in [0, 0.1) is 0 Å². The average molecular weight is 196 g/mol. The van der Waals surface area contributed by atoms with Crippen molar-refractivity contribution in [2.75, 3.05) is 12.9 Å². The number of ether oxygens (including phenoxy) is 1. The summed E-state index contributed by atoms with van der Waals surface area (Å²) in [4.78, 5) is 11.2. The molecule has 0 aliphatic rings. The molecular formula is C10H12O2S. The Balaban J connectivity index is 2.58. The van der Waals surface area contributed by atoms with E-state index in [9.17, 15) is 4.79 Å². The van der Waals surface area contributed by atoms with Crippen LogP contribution in [0.15, 0.2) is 29.2 Å². The van der Waals surface area contributed by atoms with Crippen molar-refractivity contribution in [3.63, 3.8) is 0 Å². The normalized spacial score (nSPS) is 9.62. The number of carbonyl (C=O) groups is 1. The van der Waals surface area contributed by atoms with Gasteiger partial charge in [0.1, 0.15) is 0 Å². The largest absolute Gasteiger partial charge is 0.468 e. The molecule has 1 aromatic carbocycles. The predicted octanol–water partition coefficient (Wildman–Crippen LogP) is 2.12. The van der Waals surface area contributed by atoms with E-state index in [2.05, 4.69) is 16.9 Å². The summed E-state index contributed by atoms with van der Waals surface area (Å²) in [5.74, 6) is 0. The van der Waals surface area contributed by atoms with Gasteiger partial charge in [-0.15, -0.1) is 11.8 Å². The predicted molar refractivity (Wildman–Crippen MR) is 53.9 cm³/mol. The molecule has 0 atom stereocenters. The van der Waals surface area contributed by atoms with Crippen LogP contribution in [0.3, 0.4) is 0 Å². The molecular weight excluding hydrogens is 184 g/mol. The van der Waals surface area contributed by atoms with Crippen molar-refractivity contribution in [1.29, 1.82) is 0 Å². The summed E-state index contributed by atoms with van der Waals surface area (Å²) in [6.45, 7) is 0.947. The van der Waals surface area contributed by atoms with Crippen LogP contribution >= 0.6 is 11.8 Å². The monoisotopic (exact) mass is 196 g/mol. The van der Waals surface area contributed by atoms with E-state index >= 15 is 0 Å². The molecule has 0 saturated carbocycles. The van der Waals surface area contributed by atoms with Crippen molar-refractivity contribution in [2.24, 2.45) is 0 Å².